The van der Waals surface area contributed by atoms with Gasteiger partial charge in [0.2, 0.25) is 0 Å². The van der Waals surface area contributed by atoms with Gasteiger partial charge in [-0.15, -0.1) is 0 Å². The minimum absolute atomic E-state index is 0.104. The molecule has 21 fully saturated rings. The van der Waals surface area contributed by atoms with E-state index in [-0.39, 0.29) is 59.6 Å². The highest BCUT2D eigenvalue weighted by Crippen LogP contribution is 2.85. The molecule has 21 saturated carbocycles. The minimum atomic E-state index is -0.104. The largest absolute Gasteiger partial charge is 0.295 e. The van der Waals surface area contributed by atoms with Crippen LogP contribution in [0.5, 0.6) is 0 Å². The summed E-state index contributed by atoms with van der Waals surface area (Å²) < 4.78 is 0. The van der Waals surface area contributed by atoms with E-state index in [9.17, 15) is 50.3 Å². The fourth-order valence-electron chi connectivity index (χ4n) is 41.0. The van der Waals surface area contributed by atoms with E-state index in [0.717, 1.165) is 220 Å². The number of nitriles is 5. The maximum Gasteiger partial charge on any atom is 0.155 e. The number of carbonyl (C=O) groups excluding carboxylic acids is 5. The molecule has 0 aromatic rings. The Morgan fingerprint density at radius 2 is 0.617 bits per heavy atom. The van der Waals surface area contributed by atoms with E-state index < -0.39 is 0 Å². The number of allylic oxidation sites excluding steroid dienone is 5. The predicted octanol–water partition coefficient (Wildman–Crippen LogP) is 23.7. The summed E-state index contributed by atoms with van der Waals surface area (Å²) in [7, 11) is 0. The third-order valence-corrected chi connectivity index (χ3v) is 47.5. The molecule has 10 nitrogen and oxygen atoms in total. The van der Waals surface area contributed by atoms with Crippen LogP contribution in [-0.2, 0) is 24.0 Å². The van der Waals surface area contributed by atoms with Gasteiger partial charge >= 0.3 is 0 Å². The highest BCUT2D eigenvalue weighted by atomic mass is 16.1. The van der Waals surface area contributed by atoms with Gasteiger partial charge in [0.05, 0.1) is 58.9 Å². The molecule has 0 unspecified atom stereocenters. The smallest absolute Gasteiger partial charge is 0.155 e. The van der Waals surface area contributed by atoms with Crippen LogP contribution in [0.15, 0.2) is 58.2 Å². The molecule has 0 amide bonds. The Morgan fingerprint density at radius 3 is 0.983 bits per heavy atom. The summed E-state index contributed by atoms with van der Waals surface area (Å²) in [4.78, 5) is 59.9. The maximum absolute atomic E-state index is 12.0. The van der Waals surface area contributed by atoms with Gasteiger partial charge in [0.25, 0.3) is 0 Å². The minimum Gasteiger partial charge on any atom is -0.295 e. The van der Waals surface area contributed by atoms with Crippen LogP contribution in [0.3, 0.4) is 0 Å². The molecule has 0 aromatic heterocycles. The molecule has 0 N–H and O–H groups in total. The molecule has 26 aliphatic carbocycles. The third-order valence-electron chi connectivity index (χ3n) is 47.5. The molecular formula is C110H143N5O5. The van der Waals surface area contributed by atoms with Gasteiger partial charge in [-0.1, -0.05) is 111 Å². The van der Waals surface area contributed by atoms with Crippen molar-refractivity contribution in [1.82, 2.24) is 0 Å². The number of hydrogen-bond acceptors (Lipinski definition) is 10. The SMILES string of the molecule is C[C@@H]1CC2=CC(=O)CC[C@]2(C)[C@H]2CC[C@@]3(C)[C@@H]([C@H]4C[C@H]4[C@@H]3C#N)[C@H]12.C[C@@H]1CC2=CC(=O)CC[C@]2(C)[C@H]2CC[C@@]3(C)[C@@H]([C@H]4C[C@H]4[C@@H]3C#N)[C@H]12.C[C@]12CCC(=O)C=C1CC[C@H]1[C@@H]3[C@H]4C[C@H]4[C@](C)(C#N)[C@@]3(C)CC[C@@H]12.C[C@]12CCC(=O)C=C1CC[C@H]1[C@@H]3[C@H]4C[C@H]4[C@](C)(C#N)[C@@]3(C)CC[C@@H]12.C[C@]12CC[C@H]3[C@@H]([C@@H]4C[C@@H]4C4=CC(=O)CC[C@@]43C)[C@@H]1[C@@H]1C[C@@H]1[C@@H]2C#N. The van der Waals surface area contributed by atoms with Crippen molar-refractivity contribution in [2.24, 2.45) is 254 Å². The van der Waals surface area contributed by atoms with Gasteiger partial charge in [0.15, 0.2) is 28.9 Å². The number of carbonyl (C=O) groups is 5. The Kier molecular flexibility index (Phi) is 17.5. The molecule has 0 aliphatic heterocycles. The van der Waals surface area contributed by atoms with Gasteiger partial charge in [-0.3, -0.25) is 24.0 Å². The first-order chi connectivity index (χ1) is 57.0. The van der Waals surface area contributed by atoms with Crippen LogP contribution < -0.4 is 0 Å². The van der Waals surface area contributed by atoms with Crippen LogP contribution in [0.2, 0.25) is 0 Å². The van der Waals surface area contributed by atoms with Crippen molar-refractivity contribution in [3.63, 3.8) is 0 Å². The standard InChI is InChI=1S/C22H27NO.4C22H29NO/c1-21-5-3-11(24)7-17(21)12-8-14(12)19-16(21)4-6-22(2)18(10-23)13-9-15(13)20(19)22;2*1-12-8-13-9-14(24)4-6-21(13,2)17-5-7-22(3)18(11-23)15-10-16(15)20(22)19(12)17;2*1-20-8-6-14(24)10-13(20)4-5-15-17(20)7-9-21(2)19(15)16-11-18(16)22(21,3)12-23/h7,12-16,18-20H,3-6,8-9H2,1-2H3;2*9,12,15-20H,4-8,10H2,1-3H3;2*10,15-19H,4-9,11H2,1-3H3/t12-,13-,14+,15+,16-,18-,19+,20-,21+,22+;2*12-,15-,16+,17+,18+,19-,20+,21+,22-;2*15-,16+,17+,18-,19-,20+,21+,22+/m01111/s1. The molecule has 0 spiro atoms. The zero-order valence-electron chi connectivity index (χ0n) is 75.8. The van der Waals surface area contributed by atoms with Gasteiger partial charge in [-0.2, -0.15) is 26.3 Å². The van der Waals surface area contributed by atoms with Crippen molar-refractivity contribution in [1.29, 1.82) is 26.3 Å². The van der Waals surface area contributed by atoms with Crippen molar-refractivity contribution in [3.05, 3.63) is 58.2 Å². The lowest BCUT2D eigenvalue weighted by Gasteiger charge is -2.60. The predicted molar refractivity (Wildman–Crippen MR) is 462 cm³/mol. The van der Waals surface area contributed by atoms with Crippen molar-refractivity contribution in [2.75, 3.05) is 0 Å². The Labute approximate surface area is 720 Å². The number of nitrogens with zero attached hydrogens (tertiary/aromatic N) is 5. The van der Waals surface area contributed by atoms with Crippen LogP contribution in [0.25, 0.3) is 0 Å². The van der Waals surface area contributed by atoms with E-state index in [2.05, 4.69) is 133 Å². The summed E-state index contributed by atoms with van der Waals surface area (Å²) in [6, 6.07) is 13.7. The molecule has 120 heavy (non-hydrogen) atoms. The fraction of sp³-hybridized carbons (Fsp3) is 0.818. The Morgan fingerprint density at radius 1 is 0.292 bits per heavy atom. The Balaban J connectivity index is 0.0000000900. The highest BCUT2D eigenvalue weighted by molar-refractivity contribution is 5.94. The van der Waals surface area contributed by atoms with Gasteiger partial charge in [0, 0.05) is 32.1 Å². The summed E-state index contributed by atoms with van der Waals surface area (Å²) in [5.41, 5.74) is 9.72. The lowest BCUT2D eigenvalue weighted by molar-refractivity contribution is -0.119. The Bertz CT molecular complexity index is 4580. The second kappa shape index (κ2) is 26.1. The van der Waals surface area contributed by atoms with Crippen molar-refractivity contribution in [3.8, 4) is 30.3 Å². The van der Waals surface area contributed by atoms with E-state index in [1.807, 2.05) is 24.3 Å². The molecule has 44 atom stereocenters. The molecule has 26 rings (SSSR count). The molecule has 10 heteroatoms. The quantitative estimate of drug-likeness (QED) is 0.224. The first-order valence-electron chi connectivity index (χ1n) is 50.2. The summed E-state index contributed by atoms with van der Waals surface area (Å²) in [5.74, 6) is 24.7. The van der Waals surface area contributed by atoms with Crippen LogP contribution in [0.1, 0.15) is 302 Å². The van der Waals surface area contributed by atoms with Crippen LogP contribution in [-0.4, -0.2) is 28.9 Å². The number of fused-ring (bicyclic) bond motifs is 38. The first-order valence-corrected chi connectivity index (χ1v) is 50.2. The second-order valence-corrected chi connectivity index (χ2v) is 51.1. The monoisotopic (exact) mass is 1610 g/mol. The van der Waals surface area contributed by atoms with Gasteiger partial charge in [-0.05, 0) is 443 Å². The Hall–Kier alpha value is -5.50. The van der Waals surface area contributed by atoms with E-state index in [1.54, 1.807) is 0 Å². The third kappa shape index (κ3) is 10.4. The fourth-order valence-corrected chi connectivity index (χ4v) is 41.0. The molecule has 638 valence electrons. The highest BCUT2D eigenvalue weighted by Gasteiger charge is 2.80. The lowest BCUT2D eigenvalue weighted by Crippen LogP contribution is -2.54. The number of hydrogen-bond donors (Lipinski definition) is 0. The van der Waals surface area contributed by atoms with E-state index >= 15 is 0 Å². The van der Waals surface area contributed by atoms with E-state index in [4.69, 9.17) is 0 Å². The lowest BCUT2D eigenvalue weighted by atomic mass is 9.44. The average molecular weight is 1620 g/mol. The van der Waals surface area contributed by atoms with Crippen molar-refractivity contribution < 1.29 is 24.0 Å². The molecule has 0 aromatic carbocycles. The zero-order chi connectivity index (χ0) is 83.9. The topological polar surface area (TPSA) is 204 Å². The van der Waals surface area contributed by atoms with E-state index in [0.29, 0.717) is 93.5 Å². The molecular weight excluding hydrogens is 1470 g/mol. The van der Waals surface area contributed by atoms with Crippen molar-refractivity contribution in [2.45, 2.75) is 302 Å². The van der Waals surface area contributed by atoms with Crippen LogP contribution >= 0.6 is 0 Å². The summed E-state index contributed by atoms with van der Waals surface area (Å²) >= 11 is 0. The molecule has 0 heterocycles. The maximum atomic E-state index is 12.0. The molecule has 0 radical (unpaired) electrons. The normalized spacial score (nSPS) is 58.7. The van der Waals surface area contributed by atoms with Gasteiger partial charge in [0.1, 0.15) is 0 Å². The number of rotatable bonds is 0. The average Bonchev–Trinajstić information content (AvgIpc) is 1.52. The first kappa shape index (κ1) is 80.3. The van der Waals surface area contributed by atoms with Gasteiger partial charge < -0.3 is 0 Å². The summed E-state index contributed by atoms with van der Waals surface area (Å²) in [6.45, 7) is 33.9. The van der Waals surface area contributed by atoms with E-state index in [1.165, 1.54) is 143 Å². The van der Waals surface area contributed by atoms with Gasteiger partial charge in [-0.25, -0.2) is 0 Å². The molecule has 26 aliphatic rings. The molecule has 0 saturated heterocycles. The van der Waals surface area contributed by atoms with Crippen molar-refractivity contribution >= 4 is 28.9 Å². The molecule has 0 bridgehead atoms. The summed E-state index contributed by atoms with van der Waals surface area (Å²) in [6.07, 6.45) is 46.5. The van der Waals surface area contributed by atoms with Crippen LogP contribution in [0, 0.1) is 311 Å². The van der Waals surface area contributed by atoms with Crippen LogP contribution in [0.4, 0.5) is 0 Å². The zero-order valence-corrected chi connectivity index (χ0v) is 75.8. The summed E-state index contributed by atoms with van der Waals surface area (Å²) in [5, 5.41) is 49.4. The second-order valence-electron chi connectivity index (χ2n) is 51.1. The number of ketones is 5.